The minimum absolute atomic E-state index is 0.0352. The molecule has 0 spiro atoms. The van der Waals surface area contributed by atoms with Gasteiger partial charge in [0.15, 0.2) is 9.84 Å². The lowest BCUT2D eigenvalue weighted by Crippen LogP contribution is -2.46. The molecule has 3 heterocycles. The molecule has 0 aliphatic carbocycles. The SMILES string of the molecule is NCC1(C2CCS(=O)(=O)C2)CC2CCC1O2. The van der Waals surface area contributed by atoms with Gasteiger partial charge in [0.05, 0.1) is 23.7 Å². The summed E-state index contributed by atoms with van der Waals surface area (Å²) in [6.45, 7) is 0.578. The van der Waals surface area contributed by atoms with Crippen LogP contribution in [0.4, 0.5) is 0 Å². The monoisotopic (exact) mass is 245 g/mol. The second kappa shape index (κ2) is 3.43. The highest BCUT2D eigenvalue weighted by Crippen LogP contribution is 2.53. The van der Waals surface area contributed by atoms with Gasteiger partial charge < -0.3 is 10.5 Å². The van der Waals surface area contributed by atoms with E-state index in [4.69, 9.17) is 10.5 Å². The van der Waals surface area contributed by atoms with Crippen LogP contribution in [-0.4, -0.2) is 38.7 Å². The normalized spacial score (nSPS) is 49.9. The zero-order valence-corrected chi connectivity index (χ0v) is 10.2. The van der Waals surface area contributed by atoms with Gasteiger partial charge >= 0.3 is 0 Å². The fourth-order valence-corrected chi connectivity index (χ4v) is 5.82. The molecule has 3 rings (SSSR count). The van der Waals surface area contributed by atoms with E-state index in [0.29, 0.717) is 24.2 Å². The summed E-state index contributed by atoms with van der Waals surface area (Å²) in [5, 5.41) is 0. The molecule has 0 amide bonds. The summed E-state index contributed by atoms with van der Waals surface area (Å²) in [6.07, 6.45) is 4.53. The number of nitrogens with two attached hydrogens (primary N) is 1. The molecule has 2 bridgehead atoms. The van der Waals surface area contributed by atoms with Crippen LogP contribution in [0.3, 0.4) is 0 Å². The Balaban J connectivity index is 1.87. The molecule has 0 aromatic heterocycles. The first-order valence-electron chi connectivity index (χ1n) is 6.12. The molecule has 16 heavy (non-hydrogen) atoms. The predicted molar refractivity (Wildman–Crippen MR) is 60.8 cm³/mol. The zero-order chi connectivity index (χ0) is 11.4. The standard InChI is InChI=1S/C11H19NO3S/c12-7-11(5-9-1-2-10(11)15-9)8-3-4-16(13,14)6-8/h8-10H,1-7,12H2. The first-order chi connectivity index (χ1) is 7.56. The van der Waals surface area contributed by atoms with Gasteiger partial charge in [0, 0.05) is 12.0 Å². The maximum absolute atomic E-state index is 11.6. The zero-order valence-electron chi connectivity index (χ0n) is 9.39. The highest BCUT2D eigenvalue weighted by molar-refractivity contribution is 7.91. The van der Waals surface area contributed by atoms with Gasteiger partial charge in [-0.1, -0.05) is 0 Å². The van der Waals surface area contributed by atoms with Crippen LogP contribution in [-0.2, 0) is 14.6 Å². The Hall–Kier alpha value is -0.130. The van der Waals surface area contributed by atoms with E-state index in [0.717, 1.165) is 25.7 Å². The quantitative estimate of drug-likeness (QED) is 0.760. The van der Waals surface area contributed by atoms with Crippen molar-refractivity contribution in [1.82, 2.24) is 0 Å². The molecule has 5 heteroatoms. The molecule has 0 aromatic carbocycles. The van der Waals surface area contributed by atoms with Crippen LogP contribution in [0.2, 0.25) is 0 Å². The van der Waals surface area contributed by atoms with E-state index in [9.17, 15) is 8.42 Å². The molecule has 3 fully saturated rings. The molecule has 4 nitrogen and oxygen atoms in total. The third kappa shape index (κ3) is 1.45. The third-order valence-electron chi connectivity index (χ3n) is 4.78. The Morgan fingerprint density at radius 1 is 1.31 bits per heavy atom. The Morgan fingerprint density at radius 2 is 2.12 bits per heavy atom. The summed E-state index contributed by atoms with van der Waals surface area (Å²) in [7, 11) is -2.81. The Kier molecular flexibility index (Phi) is 2.36. The van der Waals surface area contributed by atoms with Crippen LogP contribution in [0.1, 0.15) is 25.7 Å². The van der Waals surface area contributed by atoms with Gasteiger partial charge in [-0.05, 0) is 31.6 Å². The minimum Gasteiger partial charge on any atom is -0.374 e. The topological polar surface area (TPSA) is 69.4 Å². The van der Waals surface area contributed by atoms with E-state index in [2.05, 4.69) is 0 Å². The highest BCUT2D eigenvalue weighted by Gasteiger charge is 2.57. The second-order valence-corrected chi connectivity index (χ2v) is 7.79. The summed E-state index contributed by atoms with van der Waals surface area (Å²) in [4.78, 5) is 0. The first-order valence-corrected chi connectivity index (χ1v) is 7.94. The maximum Gasteiger partial charge on any atom is 0.150 e. The molecule has 2 N–H and O–H groups in total. The smallest absolute Gasteiger partial charge is 0.150 e. The Bertz CT molecular complexity index is 394. The number of rotatable bonds is 2. The number of ether oxygens (including phenoxy) is 1. The van der Waals surface area contributed by atoms with Crippen LogP contribution in [0, 0.1) is 11.3 Å². The van der Waals surface area contributed by atoms with E-state index >= 15 is 0 Å². The number of fused-ring (bicyclic) bond motifs is 2. The van der Waals surface area contributed by atoms with Crippen molar-refractivity contribution in [3.8, 4) is 0 Å². The van der Waals surface area contributed by atoms with Crippen LogP contribution < -0.4 is 5.73 Å². The molecule has 4 unspecified atom stereocenters. The lowest BCUT2D eigenvalue weighted by molar-refractivity contribution is 0.0387. The molecule has 3 aliphatic heterocycles. The van der Waals surface area contributed by atoms with Crippen molar-refractivity contribution in [2.45, 2.75) is 37.9 Å². The molecule has 92 valence electrons. The molecule has 0 radical (unpaired) electrons. The predicted octanol–water partition coefficient (Wildman–Crippen LogP) is 0.318. The van der Waals surface area contributed by atoms with Crippen molar-refractivity contribution >= 4 is 9.84 Å². The van der Waals surface area contributed by atoms with E-state index in [-0.39, 0.29) is 17.4 Å². The van der Waals surface area contributed by atoms with Gasteiger partial charge in [0.2, 0.25) is 0 Å². The van der Waals surface area contributed by atoms with Crippen molar-refractivity contribution in [1.29, 1.82) is 0 Å². The summed E-state index contributed by atoms with van der Waals surface area (Å²) in [5.74, 6) is 0.908. The highest BCUT2D eigenvalue weighted by atomic mass is 32.2. The fraction of sp³-hybridized carbons (Fsp3) is 1.00. The van der Waals surface area contributed by atoms with E-state index in [1.165, 1.54) is 0 Å². The Morgan fingerprint density at radius 3 is 2.56 bits per heavy atom. The van der Waals surface area contributed by atoms with Crippen LogP contribution in [0.15, 0.2) is 0 Å². The van der Waals surface area contributed by atoms with Crippen molar-refractivity contribution in [2.75, 3.05) is 18.1 Å². The van der Waals surface area contributed by atoms with Gasteiger partial charge in [-0.3, -0.25) is 0 Å². The molecule has 4 atom stereocenters. The van der Waals surface area contributed by atoms with E-state index in [1.807, 2.05) is 0 Å². The largest absolute Gasteiger partial charge is 0.374 e. The number of hydrogen-bond donors (Lipinski definition) is 1. The minimum atomic E-state index is -2.81. The lowest BCUT2D eigenvalue weighted by Gasteiger charge is -2.39. The summed E-state index contributed by atoms with van der Waals surface area (Å²) in [5.41, 5.74) is 5.91. The van der Waals surface area contributed by atoms with Gasteiger partial charge in [0.1, 0.15) is 0 Å². The first kappa shape index (κ1) is 11.0. The number of sulfone groups is 1. The fourth-order valence-electron chi connectivity index (χ4n) is 3.89. The molecule has 3 saturated heterocycles. The maximum atomic E-state index is 11.6. The molecular formula is C11H19NO3S. The summed E-state index contributed by atoms with van der Waals surface area (Å²) >= 11 is 0. The van der Waals surface area contributed by atoms with Crippen LogP contribution in [0.5, 0.6) is 0 Å². The van der Waals surface area contributed by atoms with Crippen LogP contribution in [0.25, 0.3) is 0 Å². The van der Waals surface area contributed by atoms with Gasteiger partial charge in [-0.15, -0.1) is 0 Å². The van der Waals surface area contributed by atoms with Crippen molar-refractivity contribution in [3.05, 3.63) is 0 Å². The number of hydrogen-bond acceptors (Lipinski definition) is 4. The lowest BCUT2D eigenvalue weighted by atomic mass is 9.65. The average molecular weight is 245 g/mol. The van der Waals surface area contributed by atoms with Gasteiger partial charge in [-0.25, -0.2) is 8.42 Å². The second-order valence-electron chi connectivity index (χ2n) is 5.57. The Labute approximate surface area is 96.5 Å². The molecule has 3 aliphatic rings. The molecule has 0 aromatic rings. The average Bonchev–Trinajstić information content (AvgIpc) is 2.90. The van der Waals surface area contributed by atoms with Crippen molar-refractivity contribution < 1.29 is 13.2 Å². The van der Waals surface area contributed by atoms with E-state index in [1.54, 1.807) is 0 Å². The van der Waals surface area contributed by atoms with E-state index < -0.39 is 9.84 Å². The van der Waals surface area contributed by atoms with Crippen molar-refractivity contribution in [2.24, 2.45) is 17.1 Å². The van der Waals surface area contributed by atoms with Gasteiger partial charge in [-0.2, -0.15) is 0 Å². The molecular weight excluding hydrogens is 226 g/mol. The summed E-state index contributed by atoms with van der Waals surface area (Å²) in [6, 6.07) is 0. The van der Waals surface area contributed by atoms with Crippen LogP contribution >= 0.6 is 0 Å². The van der Waals surface area contributed by atoms with Gasteiger partial charge in [0.25, 0.3) is 0 Å². The third-order valence-corrected chi connectivity index (χ3v) is 6.55. The summed E-state index contributed by atoms with van der Waals surface area (Å²) < 4.78 is 29.0. The van der Waals surface area contributed by atoms with Crippen molar-refractivity contribution in [3.63, 3.8) is 0 Å². The molecule has 0 saturated carbocycles.